The largest absolute Gasteiger partial charge is 0.399 e. The molecule has 2 atom stereocenters. The van der Waals surface area contributed by atoms with Gasteiger partial charge in [-0.3, -0.25) is 0 Å². The van der Waals surface area contributed by atoms with E-state index in [-0.39, 0.29) is 0 Å². The van der Waals surface area contributed by atoms with Crippen LogP contribution in [0.5, 0.6) is 0 Å². The summed E-state index contributed by atoms with van der Waals surface area (Å²) in [5.74, 6) is 1.82. The zero-order chi connectivity index (χ0) is 10.8. The monoisotopic (exact) mass is 268 g/mol. The second-order valence-electron chi connectivity index (χ2n) is 4.50. The van der Waals surface area contributed by atoms with Gasteiger partial charge in [0, 0.05) is 16.7 Å². The van der Waals surface area contributed by atoms with Crippen LogP contribution >= 0.6 is 15.9 Å². The third-order valence-corrected chi connectivity index (χ3v) is 3.45. The van der Waals surface area contributed by atoms with Gasteiger partial charge in [0.25, 0.3) is 0 Å². The van der Waals surface area contributed by atoms with Gasteiger partial charge in [0.2, 0.25) is 0 Å². The first kappa shape index (κ1) is 11.0. The first-order valence-corrected chi connectivity index (χ1v) is 6.20. The number of hydrogen-bond acceptors (Lipinski definition) is 2. The number of rotatable bonds is 4. The Labute approximate surface area is 99.4 Å². The molecular formula is C12H17BrN2. The fourth-order valence-electron chi connectivity index (χ4n) is 1.86. The van der Waals surface area contributed by atoms with E-state index in [0.717, 1.165) is 35.1 Å². The molecule has 0 bridgehead atoms. The molecule has 0 amide bonds. The minimum Gasteiger partial charge on any atom is -0.399 e. The highest BCUT2D eigenvalue weighted by atomic mass is 79.9. The molecule has 0 aromatic heterocycles. The predicted molar refractivity (Wildman–Crippen MR) is 67.5 cm³/mol. The van der Waals surface area contributed by atoms with Crippen LogP contribution in [0.15, 0.2) is 22.7 Å². The maximum absolute atomic E-state index is 5.77. The van der Waals surface area contributed by atoms with Crippen LogP contribution < -0.4 is 11.1 Å². The second kappa shape index (κ2) is 4.54. The Morgan fingerprint density at radius 2 is 2.20 bits per heavy atom. The standard InChI is InChI=1S/C12H17BrN2/c1-8-2-10(8)7-15-6-9-3-11(13)5-12(14)4-9/h3-5,8,10,15H,2,6-7,14H2,1H3. The van der Waals surface area contributed by atoms with E-state index in [1.165, 1.54) is 12.0 Å². The summed E-state index contributed by atoms with van der Waals surface area (Å²) < 4.78 is 1.05. The number of nitrogens with two attached hydrogens (primary N) is 1. The molecule has 1 fully saturated rings. The van der Waals surface area contributed by atoms with E-state index in [1.54, 1.807) is 0 Å². The van der Waals surface area contributed by atoms with Crippen LogP contribution in [0.2, 0.25) is 0 Å². The Bertz CT molecular complexity index is 331. The van der Waals surface area contributed by atoms with Crippen molar-refractivity contribution in [1.29, 1.82) is 0 Å². The molecule has 1 aromatic carbocycles. The minimum absolute atomic E-state index is 0.820. The van der Waals surface area contributed by atoms with E-state index in [2.05, 4.69) is 34.2 Å². The summed E-state index contributed by atoms with van der Waals surface area (Å²) in [5, 5.41) is 3.47. The maximum Gasteiger partial charge on any atom is 0.0328 e. The molecule has 0 saturated heterocycles. The lowest BCUT2D eigenvalue weighted by Gasteiger charge is -2.06. The highest BCUT2D eigenvalue weighted by Gasteiger charge is 2.31. The molecule has 0 aliphatic heterocycles. The fraction of sp³-hybridized carbons (Fsp3) is 0.500. The van der Waals surface area contributed by atoms with Gasteiger partial charge in [0.05, 0.1) is 0 Å². The van der Waals surface area contributed by atoms with Crippen LogP contribution in [0.1, 0.15) is 18.9 Å². The summed E-state index contributed by atoms with van der Waals surface area (Å²) in [6.07, 6.45) is 1.38. The first-order valence-electron chi connectivity index (χ1n) is 5.41. The molecule has 2 nitrogen and oxygen atoms in total. The highest BCUT2D eigenvalue weighted by molar-refractivity contribution is 9.10. The van der Waals surface area contributed by atoms with E-state index in [4.69, 9.17) is 5.73 Å². The molecular weight excluding hydrogens is 252 g/mol. The third-order valence-electron chi connectivity index (χ3n) is 2.99. The Balaban J connectivity index is 1.82. The molecule has 2 unspecified atom stereocenters. The Kier molecular flexibility index (Phi) is 3.32. The van der Waals surface area contributed by atoms with E-state index >= 15 is 0 Å². The van der Waals surface area contributed by atoms with Crippen molar-refractivity contribution in [2.24, 2.45) is 11.8 Å². The van der Waals surface area contributed by atoms with Crippen LogP contribution in [-0.2, 0) is 6.54 Å². The van der Waals surface area contributed by atoms with Gasteiger partial charge in [-0.1, -0.05) is 22.9 Å². The normalized spacial score (nSPS) is 24.1. The zero-order valence-corrected chi connectivity index (χ0v) is 10.5. The Morgan fingerprint density at radius 3 is 2.80 bits per heavy atom. The van der Waals surface area contributed by atoms with Crippen molar-refractivity contribution in [2.45, 2.75) is 19.9 Å². The molecule has 1 aliphatic rings. The van der Waals surface area contributed by atoms with Crippen LogP contribution in [0.4, 0.5) is 5.69 Å². The summed E-state index contributed by atoms with van der Waals surface area (Å²) in [4.78, 5) is 0. The van der Waals surface area contributed by atoms with Gasteiger partial charge >= 0.3 is 0 Å². The van der Waals surface area contributed by atoms with Crippen LogP contribution in [0, 0.1) is 11.8 Å². The van der Waals surface area contributed by atoms with E-state index in [1.807, 2.05) is 12.1 Å². The lowest BCUT2D eigenvalue weighted by atomic mass is 10.2. The fourth-order valence-corrected chi connectivity index (χ4v) is 2.42. The van der Waals surface area contributed by atoms with Gasteiger partial charge in [-0.2, -0.15) is 0 Å². The van der Waals surface area contributed by atoms with Crippen LogP contribution in [0.3, 0.4) is 0 Å². The molecule has 0 radical (unpaired) electrons. The lowest BCUT2D eigenvalue weighted by Crippen LogP contribution is -2.16. The second-order valence-corrected chi connectivity index (χ2v) is 5.41. The van der Waals surface area contributed by atoms with Crippen molar-refractivity contribution in [1.82, 2.24) is 5.32 Å². The first-order chi connectivity index (χ1) is 7.15. The summed E-state index contributed by atoms with van der Waals surface area (Å²) >= 11 is 3.45. The maximum atomic E-state index is 5.77. The number of halogens is 1. The van der Waals surface area contributed by atoms with Crippen molar-refractivity contribution in [3.05, 3.63) is 28.2 Å². The molecule has 15 heavy (non-hydrogen) atoms. The average molecular weight is 269 g/mol. The van der Waals surface area contributed by atoms with Gasteiger partial charge in [0.1, 0.15) is 0 Å². The quantitative estimate of drug-likeness (QED) is 0.825. The zero-order valence-electron chi connectivity index (χ0n) is 8.96. The van der Waals surface area contributed by atoms with Crippen molar-refractivity contribution in [3.63, 3.8) is 0 Å². The molecule has 0 spiro atoms. The molecule has 1 saturated carbocycles. The average Bonchev–Trinajstić information content (AvgIpc) is 2.80. The number of benzene rings is 1. The van der Waals surface area contributed by atoms with Crippen molar-refractivity contribution >= 4 is 21.6 Å². The van der Waals surface area contributed by atoms with Crippen LogP contribution in [-0.4, -0.2) is 6.54 Å². The van der Waals surface area contributed by atoms with Gasteiger partial charge in [0.15, 0.2) is 0 Å². The van der Waals surface area contributed by atoms with Crippen molar-refractivity contribution in [2.75, 3.05) is 12.3 Å². The van der Waals surface area contributed by atoms with E-state index in [9.17, 15) is 0 Å². The SMILES string of the molecule is CC1CC1CNCc1cc(N)cc(Br)c1. The molecule has 0 heterocycles. The highest BCUT2D eigenvalue weighted by Crippen LogP contribution is 2.36. The number of hydrogen-bond donors (Lipinski definition) is 2. The summed E-state index contributed by atoms with van der Waals surface area (Å²) in [7, 11) is 0. The van der Waals surface area contributed by atoms with Gasteiger partial charge in [-0.25, -0.2) is 0 Å². The number of nitrogen functional groups attached to an aromatic ring is 1. The van der Waals surface area contributed by atoms with Crippen molar-refractivity contribution < 1.29 is 0 Å². The Morgan fingerprint density at radius 1 is 1.47 bits per heavy atom. The third kappa shape index (κ3) is 3.21. The van der Waals surface area contributed by atoms with E-state index in [0.29, 0.717) is 0 Å². The summed E-state index contributed by atoms with van der Waals surface area (Å²) in [6.45, 7) is 4.35. The molecule has 82 valence electrons. The van der Waals surface area contributed by atoms with Gasteiger partial charge in [-0.05, 0) is 48.6 Å². The molecule has 1 aliphatic carbocycles. The van der Waals surface area contributed by atoms with E-state index < -0.39 is 0 Å². The molecule has 3 heteroatoms. The molecule has 3 N–H and O–H groups in total. The number of nitrogens with one attached hydrogen (secondary N) is 1. The summed E-state index contributed by atoms with van der Waals surface area (Å²) in [6, 6.07) is 6.06. The lowest BCUT2D eigenvalue weighted by molar-refractivity contribution is 0.612. The smallest absolute Gasteiger partial charge is 0.0328 e. The predicted octanol–water partition coefficient (Wildman–Crippen LogP) is 2.78. The topological polar surface area (TPSA) is 38.0 Å². The summed E-state index contributed by atoms with van der Waals surface area (Å²) in [5.41, 5.74) is 7.83. The molecule has 1 aromatic rings. The Hall–Kier alpha value is -0.540. The van der Waals surface area contributed by atoms with Crippen LogP contribution in [0.25, 0.3) is 0 Å². The van der Waals surface area contributed by atoms with Crippen molar-refractivity contribution in [3.8, 4) is 0 Å². The molecule has 2 rings (SSSR count). The number of anilines is 1. The van der Waals surface area contributed by atoms with Gasteiger partial charge in [-0.15, -0.1) is 0 Å². The van der Waals surface area contributed by atoms with Gasteiger partial charge < -0.3 is 11.1 Å². The minimum atomic E-state index is 0.820.